The molecule has 1 saturated carbocycles. The summed E-state index contributed by atoms with van der Waals surface area (Å²) in [7, 11) is 0. The molecule has 0 unspecified atom stereocenters. The Kier molecular flexibility index (Phi) is 6.23. The lowest BCUT2D eigenvalue weighted by Gasteiger charge is -2.30. The first-order valence-electron chi connectivity index (χ1n) is 10.5. The van der Waals surface area contributed by atoms with E-state index in [0.29, 0.717) is 33.8 Å². The first kappa shape index (κ1) is 21.3. The molecule has 162 valence electrons. The van der Waals surface area contributed by atoms with E-state index >= 15 is 0 Å². The average Bonchev–Trinajstić information content (AvgIpc) is 3.14. The monoisotopic (exact) mass is 440 g/mol. The number of aromatic nitrogens is 2. The zero-order valence-corrected chi connectivity index (χ0v) is 18.3. The van der Waals surface area contributed by atoms with Gasteiger partial charge in [0.05, 0.1) is 5.02 Å². The molecular weight excluding hydrogens is 416 g/mol. The van der Waals surface area contributed by atoms with Crippen LogP contribution in [-0.4, -0.2) is 21.8 Å². The summed E-state index contributed by atoms with van der Waals surface area (Å²) in [4.78, 5) is 34.3. The van der Waals surface area contributed by atoms with Crippen LogP contribution in [0.1, 0.15) is 50.1 Å². The highest BCUT2D eigenvalue weighted by atomic mass is 35.5. The van der Waals surface area contributed by atoms with Gasteiger partial charge in [0, 0.05) is 18.3 Å². The first-order valence-corrected chi connectivity index (χ1v) is 10.9. The summed E-state index contributed by atoms with van der Waals surface area (Å²) in [5.41, 5.74) is 1.16. The van der Waals surface area contributed by atoms with Crippen molar-refractivity contribution in [3.05, 3.63) is 47.4 Å². The summed E-state index contributed by atoms with van der Waals surface area (Å²) in [6, 6.07) is 6.64. The van der Waals surface area contributed by atoms with Gasteiger partial charge in [0.2, 0.25) is 11.7 Å². The highest BCUT2D eigenvalue weighted by Crippen LogP contribution is 2.35. The van der Waals surface area contributed by atoms with Gasteiger partial charge in [-0.25, -0.2) is 4.98 Å². The van der Waals surface area contributed by atoms with E-state index < -0.39 is 5.91 Å². The predicted molar refractivity (Wildman–Crippen MR) is 120 cm³/mol. The summed E-state index contributed by atoms with van der Waals surface area (Å²) >= 11 is 5.85. The first-order chi connectivity index (χ1) is 14.9. The van der Waals surface area contributed by atoms with Crippen molar-refractivity contribution in [2.75, 3.05) is 10.6 Å². The highest BCUT2D eigenvalue weighted by molar-refractivity contribution is 6.30. The minimum Gasteiger partial charge on any atom is -0.447 e. The summed E-state index contributed by atoms with van der Waals surface area (Å²) in [6.45, 7) is 4.46. The van der Waals surface area contributed by atoms with Gasteiger partial charge in [0.1, 0.15) is 17.0 Å². The number of amides is 2. The number of hydrogen-bond acceptors (Lipinski definition) is 5. The number of hydrogen-bond donors (Lipinski definition) is 2. The van der Waals surface area contributed by atoms with Gasteiger partial charge in [-0.05, 0) is 61.8 Å². The second-order valence-electron chi connectivity index (χ2n) is 8.32. The van der Waals surface area contributed by atoms with E-state index in [1.54, 1.807) is 30.5 Å². The van der Waals surface area contributed by atoms with Gasteiger partial charge >= 0.3 is 0 Å². The van der Waals surface area contributed by atoms with Crippen LogP contribution in [0.3, 0.4) is 0 Å². The molecule has 31 heavy (non-hydrogen) atoms. The lowest BCUT2D eigenvalue weighted by atomic mass is 9.76. The number of fused-ring (bicyclic) bond motifs is 1. The molecule has 1 aliphatic carbocycles. The van der Waals surface area contributed by atoms with Crippen LogP contribution in [0.2, 0.25) is 5.02 Å². The lowest BCUT2D eigenvalue weighted by molar-refractivity contribution is -0.121. The van der Waals surface area contributed by atoms with Crippen LogP contribution >= 0.6 is 11.6 Å². The summed E-state index contributed by atoms with van der Waals surface area (Å²) in [5.74, 6) is 0.900. The summed E-state index contributed by atoms with van der Waals surface area (Å²) in [5, 5.41) is 6.07. The van der Waals surface area contributed by atoms with Crippen LogP contribution in [0.5, 0.6) is 0 Å². The SMILES string of the molecule is CC(C)C1CCC(C(=O)Nc2c(C(=O)Nc3ccc(Cl)cn3)oc3cccnc23)CC1. The van der Waals surface area contributed by atoms with Crippen LogP contribution in [0.15, 0.2) is 41.1 Å². The van der Waals surface area contributed by atoms with E-state index in [2.05, 4.69) is 34.4 Å². The fraction of sp³-hybridized carbons (Fsp3) is 0.391. The van der Waals surface area contributed by atoms with Crippen LogP contribution in [0.25, 0.3) is 11.1 Å². The van der Waals surface area contributed by atoms with Gasteiger partial charge < -0.3 is 15.1 Å². The van der Waals surface area contributed by atoms with Gasteiger partial charge in [-0.15, -0.1) is 0 Å². The maximum Gasteiger partial charge on any atom is 0.294 e. The van der Waals surface area contributed by atoms with Crippen LogP contribution in [-0.2, 0) is 4.79 Å². The highest BCUT2D eigenvalue weighted by Gasteiger charge is 2.30. The van der Waals surface area contributed by atoms with Gasteiger partial charge in [0.15, 0.2) is 5.58 Å². The maximum atomic E-state index is 13.0. The van der Waals surface area contributed by atoms with E-state index in [0.717, 1.165) is 25.7 Å². The molecular formula is C23H25ClN4O3. The molecule has 0 radical (unpaired) electrons. The molecule has 8 heteroatoms. The Morgan fingerprint density at radius 3 is 2.55 bits per heavy atom. The number of nitrogens with zero attached hydrogens (tertiary/aromatic N) is 2. The molecule has 0 atom stereocenters. The molecule has 0 aromatic carbocycles. The third-order valence-corrected chi connectivity index (χ3v) is 6.18. The standard InChI is InChI=1S/C23H25ClN4O3/c1-13(2)14-5-7-15(8-6-14)22(29)28-20-19-17(4-3-11-25-19)31-21(20)23(30)27-18-10-9-16(24)12-26-18/h3-4,9-15H,5-8H2,1-2H3,(H,28,29)(H,26,27,30). The molecule has 3 aromatic heterocycles. The Morgan fingerprint density at radius 1 is 1.10 bits per heavy atom. The normalized spacial score (nSPS) is 18.8. The lowest BCUT2D eigenvalue weighted by Crippen LogP contribution is -2.29. The van der Waals surface area contributed by atoms with E-state index in [9.17, 15) is 9.59 Å². The number of carbonyl (C=O) groups excluding carboxylic acids is 2. The van der Waals surface area contributed by atoms with Gasteiger partial charge in [-0.1, -0.05) is 25.4 Å². The Bertz CT molecular complexity index is 1090. The Balaban J connectivity index is 1.56. The van der Waals surface area contributed by atoms with Gasteiger partial charge in [-0.3, -0.25) is 14.6 Å². The number of nitrogens with one attached hydrogen (secondary N) is 2. The van der Waals surface area contributed by atoms with E-state index in [-0.39, 0.29) is 23.3 Å². The predicted octanol–water partition coefficient (Wildman–Crippen LogP) is 5.53. The van der Waals surface area contributed by atoms with E-state index in [1.807, 2.05) is 0 Å². The van der Waals surface area contributed by atoms with Crippen molar-refractivity contribution in [1.29, 1.82) is 0 Å². The number of rotatable bonds is 5. The van der Waals surface area contributed by atoms with Crippen LogP contribution in [0, 0.1) is 17.8 Å². The maximum absolute atomic E-state index is 13.0. The van der Waals surface area contributed by atoms with Crippen molar-refractivity contribution in [3.8, 4) is 0 Å². The number of pyridine rings is 2. The fourth-order valence-corrected chi connectivity index (χ4v) is 4.21. The number of anilines is 2. The number of halogens is 1. The zero-order valence-electron chi connectivity index (χ0n) is 17.5. The van der Waals surface area contributed by atoms with E-state index in [1.165, 1.54) is 6.20 Å². The Labute approximate surface area is 185 Å². The number of furan rings is 1. The molecule has 2 amide bonds. The van der Waals surface area contributed by atoms with Crippen molar-refractivity contribution in [1.82, 2.24) is 9.97 Å². The zero-order chi connectivity index (χ0) is 22.0. The summed E-state index contributed by atoms with van der Waals surface area (Å²) in [6.07, 6.45) is 6.80. The summed E-state index contributed by atoms with van der Waals surface area (Å²) < 4.78 is 5.75. The van der Waals surface area contributed by atoms with Gasteiger partial charge in [0.25, 0.3) is 5.91 Å². The molecule has 3 heterocycles. The minimum absolute atomic E-state index is 0.00494. The number of carbonyl (C=O) groups is 2. The fourth-order valence-electron chi connectivity index (χ4n) is 4.10. The van der Waals surface area contributed by atoms with Gasteiger partial charge in [-0.2, -0.15) is 0 Å². The molecule has 0 aliphatic heterocycles. The average molecular weight is 441 g/mol. The smallest absolute Gasteiger partial charge is 0.294 e. The molecule has 1 aliphatic rings. The molecule has 7 nitrogen and oxygen atoms in total. The second-order valence-corrected chi connectivity index (χ2v) is 8.75. The van der Waals surface area contributed by atoms with Crippen molar-refractivity contribution < 1.29 is 14.0 Å². The third-order valence-electron chi connectivity index (χ3n) is 5.96. The molecule has 0 saturated heterocycles. The topological polar surface area (TPSA) is 97.1 Å². The van der Waals surface area contributed by atoms with Crippen molar-refractivity contribution in [2.45, 2.75) is 39.5 Å². The van der Waals surface area contributed by atoms with Crippen molar-refractivity contribution >= 4 is 46.0 Å². The Hall–Kier alpha value is -2.93. The largest absolute Gasteiger partial charge is 0.447 e. The molecule has 2 N–H and O–H groups in total. The van der Waals surface area contributed by atoms with Crippen molar-refractivity contribution in [3.63, 3.8) is 0 Å². The molecule has 1 fully saturated rings. The minimum atomic E-state index is -0.522. The second kappa shape index (κ2) is 9.06. The van der Waals surface area contributed by atoms with Crippen molar-refractivity contribution in [2.24, 2.45) is 17.8 Å². The molecule has 0 spiro atoms. The van der Waals surface area contributed by atoms with E-state index in [4.69, 9.17) is 16.0 Å². The quantitative estimate of drug-likeness (QED) is 0.543. The van der Waals surface area contributed by atoms with Crippen LogP contribution < -0.4 is 10.6 Å². The molecule has 0 bridgehead atoms. The van der Waals surface area contributed by atoms with Crippen LogP contribution in [0.4, 0.5) is 11.5 Å². The Morgan fingerprint density at radius 2 is 1.87 bits per heavy atom. The molecule has 4 rings (SSSR count). The molecule has 3 aromatic rings. The third kappa shape index (κ3) is 4.71.